The first-order valence-corrected chi connectivity index (χ1v) is 31.8. The van der Waals surface area contributed by atoms with Crippen LogP contribution in [0.3, 0.4) is 0 Å². The van der Waals surface area contributed by atoms with Crippen molar-refractivity contribution in [3.8, 4) is 11.1 Å². The summed E-state index contributed by atoms with van der Waals surface area (Å²) in [4.78, 5) is 5.49. The summed E-state index contributed by atoms with van der Waals surface area (Å²) in [7, 11) is 0. The molecule has 420 valence electrons. The Labute approximate surface area is 501 Å². The van der Waals surface area contributed by atoms with Crippen LogP contribution in [0.15, 0.2) is 146 Å². The lowest BCUT2D eigenvalue weighted by Gasteiger charge is -2.48. The molecular formula is C79H85BN2S. The van der Waals surface area contributed by atoms with E-state index in [1.165, 1.54) is 150 Å². The molecule has 0 fully saturated rings. The first-order valence-electron chi connectivity index (χ1n) is 31.0. The molecule has 0 atom stereocenters. The van der Waals surface area contributed by atoms with Gasteiger partial charge in [-0.3, -0.25) is 0 Å². The molecule has 8 aromatic carbocycles. The Hall–Kier alpha value is -6.62. The third-order valence-electron chi connectivity index (χ3n) is 21.6. The molecule has 0 unspecified atom stereocenters. The predicted molar refractivity (Wildman–Crippen MR) is 360 cm³/mol. The second kappa shape index (κ2) is 17.3. The summed E-state index contributed by atoms with van der Waals surface area (Å²) in [6, 6.07) is 58.9. The van der Waals surface area contributed by atoms with Crippen LogP contribution >= 0.6 is 11.3 Å². The molecule has 9 aromatic rings. The third-order valence-corrected chi connectivity index (χ3v) is 22.8. The zero-order valence-electron chi connectivity index (χ0n) is 53.2. The molecule has 0 N–H and O–H groups in total. The summed E-state index contributed by atoms with van der Waals surface area (Å²) in [5, 5.41) is 1.36. The molecule has 0 bridgehead atoms. The van der Waals surface area contributed by atoms with E-state index >= 15 is 0 Å². The van der Waals surface area contributed by atoms with E-state index in [0.717, 1.165) is 6.42 Å². The number of thiophene rings is 1. The van der Waals surface area contributed by atoms with Gasteiger partial charge in [0, 0.05) is 64.8 Å². The summed E-state index contributed by atoms with van der Waals surface area (Å²) < 4.78 is 2.80. The summed E-state index contributed by atoms with van der Waals surface area (Å²) in [6.45, 7) is 46.0. The zero-order chi connectivity index (χ0) is 58.8. The number of benzene rings is 8. The summed E-state index contributed by atoms with van der Waals surface area (Å²) in [5.74, 6) is 0. The minimum Gasteiger partial charge on any atom is -0.311 e. The lowest BCUT2D eigenvalue weighted by atomic mass is 9.35. The molecule has 2 nitrogen and oxygen atoms in total. The molecular weight excluding hydrogens is 1020 g/mol. The number of hydrogen-bond donors (Lipinski definition) is 0. The highest BCUT2D eigenvalue weighted by Gasteiger charge is 2.51. The SMILES string of the molecule is Cc1cc2c3c(c1)N(c1ccc4c(c1)C(C)(C)CCC4(C)C)c1c(sc4cc5c(cc14)C(C)(C)c1ccccc1C5(C)C)B3c1cc3c(cc1N2c1ccc(C(C)(C)C)cc1-c1ccc(C(C)(C)C)cc1)C(C)(C)c1ccccc1C3(C)C. The zero-order valence-corrected chi connectivity index (χ0v) is 54.0. The standard InChI is InChI=1S/C79H85BN2S/c1-46-38-66-69-67(39-46)82(64-35-32-49(73(5,6)7)40-51(64)47-28-30-48(31-29-47)72(2,3)4)65-44-61-60(77(14,15)55-25-21-22-26-56(55)78(61,16)17)43-63(65)80(69)71-70(81(66)50-33-34-53-58(41-50)75(10,11)37-36-74(53,8)9)52-42-59-62(45-68(52)83-71)79(18,19)57-27-23-20-24-54(57)76(59,12)13/h20-35,38-45H,36-37H2,1-19H3. The molecule has 83 heavy (non-hydrogen) atoms. The highest BCUT2D eigenvalue weighted by Crippen LogP contribution is 2.58. The number of anilines is 6. The highest BCUT2D eigenvalue weighted by molar-refractivity contribution is 7.33. The van der Waals surface area contributed by atoms with Gasteiger partial charge in [0.2, 0.25) is 0 Å². The van der Waals surface area contributed by atoms with Crippen LogP contribution in [0.25, 0.3) is 21.2 Å². The van der Waals surface area contributed by atoms with Gasteiger partial charge in [-0.2, -0.15) is 0 Å². The molecule has 5 aliphatic rings. The van der Waals surface area contributed by atoms with Gasteiger partial charge in [0.25, 0.3) is 6.71 Å². The largest absolute Gasteiger partial charge is 0.311 e. The van der Waals surface area contributed by atoms with Gasteiger partial charge in [-0.05, 0) is 185 Å². The maximum Gasteiger partial charge on any atom is 0.264 e. The van der Waals surface area contributed by atoms with Crippen molar-refractivity contribution in [2.75, 3.05) is 9.80 Å². The number of rotatable bonds is 3. The Kier molecular flexibility index (Phi) is 11.3. The average Bonchev–Trinajstić information content (AvgIpc) is 1.79. The maximum absolute atomic E-state index is 2.76. The lowest BCUT2D eigenvalue weighted by molar-refractivity contribution is 0.332. The van der Waals surface area contributed by atoms with Gasteiger partial charge in [0.1, 0.15) is 0 Å². The molecule has 1 aromatic heterocycles. The summed E-state index contributed by atoms with van der Waals surface area (Å²) >= 11 is 2.06. The van der Waals surface area contributed by atoms with E-state index in [2.05, 4.69) is 298 Å². The van der Waals surface area contributed by atoms with E-state index in [1.807, 2.05) is 0 Å². The molecule has 4 heteroatoms. The van der Waals surface area contributed by atoms with Crippen molar-refractivity contribution in [3.63, 3.8) is 0 Å². The Morgan fingerprint density at radius 2 is 0.916 bits per heavy atom. The second-order valence-electron chi connectivity index (χ2n) is 31.4. The molecule has 0 amide bonds. The summed E-state index contributed by atoms with van der Waals surface area (Å²) in [6.07, 6.45) is 2.34. The van der Waals surface area contributed by atoms with Crippen LogP contribution in [0, 0.1) is 6.92 Å². The van der Waals surface area contributed by atoms with Gasteiger partial charge in [-0.15, -0.1) is 11.3 Å². The van der Waals surface area contributed by atoms with Gasteiger partial charge >= 0.3 is 0 Å². The Bertz CT molecular complexity index is 4250. The van der Waals surface area contributed by atoms with E-state index in [9.17, 15) is 0 Å². The molecule has 0 saturated heterocycles. The van der Waals surface area contributed by atoms with Crippen molar-refractivity contribution in [1.82, 2.24) is 0 Å². The van der Waals surface area contributed by atoms with E-state index in [-0.39, 0.29) is 50.0 Å². The van der Waals surface area contributed by atoms with Gasteiger partial charge in [-0.25, -0.2) is 0 Å². The van der Waals surface area contributed by atoms with E-state index in [0.29, 0.717) is 0 Å². The van der Waals surface area contributed by atoms with Crippen molar-refractivity contribution < 1.29 is 0 Å². The van der Waals surface area contributed by atoms with Crippen LogP contribution in [-0.2, 0) is 43.3 Å². The van der Waals surface area contributed by atoms with Gasteiger partial charge in [0.15, 0.2) is 0 Å². The first-order chi connectivity index (χ1) is 38.8. The highest BCUT2D eigenvalue weighted by atomic mass is 32.1. The van der Waals surface area contributed by atoms with Crippen LogP contribution in [-0.4, -0.2) is 6.71 Å². The molecule has 14 rings (SSSR count). The Morgan fingerprint density at radius 1 is 0.422 bits per heavy atom. The second-order valence-corrected chi connectivity index (χ2v) is 32.5. The van der Waals surface area contributed by atoms with Crippen molar-refractivity contribution in [2.45, 2.75) is 188 Å². The fourth-order valence-corrected chi connectivity index (χ4v) is 17.7. The monoisotopic (exact) mass is 1100 g/mol. The van der Waals surface area contributed by atoms with Crippen molar-refractivity contribution in [2.24, 2.45) is 0 Å². The minimum absolute atomic E-state index is 0.0293. The maximum atomic E-state index is 2.76. The van der Waals surface area contributed by atoms with Crippen LogP contribution in [0.1, 0.15) is 210 Å². The topological polar surface area (TPSA) is 6.48 Å². The number of aryl methyl sites for hydroxylation is 1. The Balaban J connectivity index is 1.13. The fraction of sp³-hybridized carbons (Fsp3) is 0.367. The van der Waals surface area contributed by atoms with Crippen molar-refractivity contribution in [3.05, 3.63) is 218 Å². The molecule has 3 heterocycles. The first kappa shape index (κ1) is 54.3. The van der Waals surface area contributed by atoms with Crippen LogP contribution in [0.5, 0.6) is 0 Å². The average molecular weight is 1110 g/mol. The number of nitrogens with zero attached hydrogens (tertiary/aromatic N) is 2. The van der Waals surface area contributed by atoms with Gasteiger partial charge < -0.3 is 9.80 Å². The van der Waals surface area contributed by atoms with E-state index < -0.39 is 0 Å². The molecule has 0 radical (unpaired) electrons. The van der Waals surface area contributed by atoms with E-state index in [4.69, 9.17) is 0 Å². The van der Waals surface area contributed by atoms with Crippen LogP contribution in [0.4, 0.5) is 34.1 Å². The normalized spacial score (nSPS) is 18.7. The van der Waals surface area contributed by atoms with Crippen molar-refractivity contribution in [1.29, 1.82) is 0 Å². The Morgan fingerprint density at radius 3 is 1.47 bits per heavy atom. The molecule has 3 aliphatic carbocycles. The fourth-order valence-electron chi connectivity index (χ4n) is 16.3. The molecule has 0 saturated carbocycles. The number of hydrogen-bond acceptors (Lipinski definition) is 3. The summed E-state index contributed by atoms with van der Waals surface area (Å²) in [5.41, 5.74) is 30.5. The van der Waals surface area contributed by atoms with Crippen molar-refractivity contribution >= 4 is 78.0 Å². The quantitative estimate of drug-likeness (QED) is 0.163. The van der Waals surface area contributed by atoms with E-state index in [1.54, 1.807) is 0 Å². The van der Waals surface area contributed by atoms with Crippen LogP contribution < -0.4 is 25.5 Å². The minimum atomic E-state index is -0.251. The van der Waals surface area contributed by atoms with Crippen LogP contribution in [0.2, 0.25) is 0 Å². The molecule has 0 spiro atoms. The smallest absolute Gasteiger partial charge is 0.264 e. The third kappa shape index (κ3) is 7.65. The predicted octanol–water partition coefficient (Wildman–Crippen LogP) is 19.8. The number of fused-ring (bicyclic) bond motifs is 11. The van der Waals surface area contributed by atoms with Gasteiger partial charge in [0.05, 0.1) is 11.4 Å². The van der Waals surface area contributed by atoms with Gasteiger partial charge in [-0.1, -0.05) is 216 Å². The lowest BCUT2D eigenvalue weighted by Crippen LogP contribution is -2.61. The molecule has 2 aliphatic heterocycles.